The predicted octanol–water partition coefficient (Wildman–Crippen LogP) is 4.20. The van der Waals surface area contributed by atoms with Crippen molar-refractivity contribution in [1.29, 1.82) is 5.26 Å². The summed E-state index contributed by atoms with van der Waals surface area (Å²) in [6, 6.07) is 12.7. The van der Waals surface area contributed by atoms with E-state index in [4.69, 9.17) is 26.3 Å². The first kappa shape index (κ1) is 15.1. The Morgan fingerprint density at radius 1 is 1.05 bits per heavy atom. The maximum atomic E-state index is 12.7. The minimum absolute atomic E-state index is 0.291. The van der Waals surface area contributed by atoms with Gasteiger partial charge in [0.1, 0.15) is 17.3 Å². The number of nitriles is 1. The van der Waals surface area contributed by atoms with Crippen molar-refractivity contribution in [2.75, 3.05) is 13.2 Å². The van der Waals surface area contributed by atoms with Crippen molar-refractivity contribution in [1.82, 2.24) is 0 Å². The summed E-state index contributed by atoms with van der Waals surface area (Å²) >= 11 is 5.99. The lowest BCUT2D eigenvalue weighted by atomic mass is 10.2. The topological polar surface area (TPSA) is 42.2 Å². The zero-order chi connectivity index (χ0) is 15.1. The van der Waals surface area contributed by atoms with Gasteiger partial charge in [-0.1, -0.05) is 11.6 Å². The van der Waals surface area contributed by atoms with Crippen LogP contribution in [-0.4, -0.2) is 13.2 Å². The van der Waals surface area contributed by atoms with Gasteiger partial charge in [-0.3, -0.25) is 0 Å². The van der Waals surface area contributed by atoms with E-state index < -0.39 is 0 Å². The third-order valence-electron chi connectivity index (χ3n) is 2.69. The van der Waals surface area contributed by atoms with Crippen LogP contribution in [0.5, 0.6) is 11.5 Å². The van der Waals surface area contributed by atoms with Gasteiger partial charge >= 0.3 is 0 Å². The minimum atomic E-state index is -0.291. The number of ether oxygens (including phenoxy) is 2. The fraction of sp³-hybridized carbons (Fsp3) is 0.188. The molecule has 0 spiro atoms. The van der Waals surface area contributed by atoms with Crippen molar-refractivity contribution in [3.05, 3.63) is 58.9 Å². The lowest BCUT2D eigenvalue weighted by Crippen LogP contribution is -2.05. The molecule has 0 unspecified atom stereocenters. The lowest BCUT2D eigenvalue weighted by Gasteiger charge is -2.09. The molecule has 0 saturated heterocycles. The summed E-state index contributed by atoms with van der Waals surface area (Å²) in [5.41, 5.74) is 0.493. The molecule has 108 valence electrons. The number of rotatable bonds is 6. The van der Waals surface area contributed by atoms with Crippen molar-refractivity contribution >= 4 is 11.6 Å². The Morgan fingerprint density at radius 3 is 2.43 bits per heavy atom. The molecule has 0 radical (unpaired) electrons. The second kappa shape index (κ2) is 7.51. The average molecular weight is 306 g/mol. The van der Waals surface area contributed by atoms with Gasteiger partial charge in [0.2, 0.25) is 0 Å². The summed E-state index contributed by atoms with van der Waals surface area (Å²) in [4.78, 5) is 0. The van der Waals surface area contributed by atoms with Crippen molar-refractivity contribution < 1.29 is 13.9 Å². The molecule has 0 saturated carbocycles. The van der Waals surface area contributed by atoms with Gasteiger partial charge in [-0.2, -0.15) is 5.26 Å². The third kappa shape index (κ3) is 4.66. The monoisotopic (exact) mass is 305 g/mol. The molecule has 21 heavy (non-hydrogen) atoms. The summed E-state index contributed by atoms with van der Waals surface area (Å²) in [6.45, 7) is 0.895. The quantitative estimate of drug-likeness (QED) is 0.751. The van der Waals surface area contributed by atoms with Crippen molar-refractivity contribution in [2.24, 2.45) is 0 Å². The first-order valence-corrected chi connectivity index (χ1v) is 6.77. The Kier molecular flexibility index (Phi) is 5.42. The number of hydrogen-bond acceptors (Lipinski definition) is 3. The second-order valence-electron chi connectivity index (χ2n) is 4.26. The molecule has 2 rings (SSSR count). The van der Waals surface area contributed by atoms with Crippen LogP contribution < -0.4 is 9.47 Å². The highest BCUT2D eigenvalue weighted by Gasteiger charge is 2.03. The van der Waals surface area contributed by atoms with E-state index in [1.165, 1.54) is 12.1 Å². The van der Waals surface area contributed by atoms with Crippen molar-refractivity contribution in [3.8, 4) is 17.6 Å². The molecule has 0 bridgehead atoms. The van der Waals surface area contributed by atoms with Crippen molar-refractivity contribution in [2.45, 2.75) is 6.42 Å². The zero-order valence-corrected chi connectivity index (χ0v) is 11.9. The molecule has 3 nitrogen and oxygen atoms in total. The largest absolute Gasteiger partial charge is 0.493 e. The number of nitrogens with zero attached hydrogens (tertiary/aromatic N) is 1. The van der Waals surface area contributed by atoms with Crippen LogP contribution in [0.2, 0.25) is 5.02 Å². The summed E-state index contributed by atoms with van der Waals surface area (Å²) in [5.74, 6) is 0.867. The molecule has 5 heteroatoms. The van der Waals surface area contributed by atoms with Gasteiger partial charge in [0.15, 0.2) is 0 Å². The van der Waals surface area contributed by atoms with Gasteiger partial charge in [0, 0.05) is 6.42 Å². The van der Waals surface area contributed by atoms with Crippen LogP contribution in [0.1, 0.15) is 12.0 Å². The smallest absolute Gasteiger partial charge is 0.137 e. The molecule has 0 atom stereocenters. The van der Waals surface area contributed by atoms with Crippen LogP contribution in [0.4, 0.5) is 4.39 Å². The molecular weight excluding hydrogens is 293 g/mol. The van der Waals surface area contributed by atoms with Crippen LogP contribution in [0.25, 0.3) is 0 Å². The molecule has 0 N–H and O–H groups in total. The predicted molar refractivity (Wildman–Crippen MR) is 78.2 cm³/mol. The molecule has 0 aliphatic heterocycles. The number of halogens is 2. The lowest BCUT2D eigenvalue weighted by molar-refractivity contribution is 0.247. The van der Waals surface area contributed by atoms with E-state index in [1.807, 2.05) is 6.07 Å². The van der Waals surface area contributed by atoms with Crippen LogP contribution in [0.3, 0.4) is 0 Å². The standard InChI is InChI=1S/C16H13ClFNO2/c17-15-10-12(11-19)2-7-16(15)21-9-1-8-20-14-5-3-13(18)4-6-14/h2-7,10H,1,8-9H2. The van der Waals surface area contributed by atoms with E-state index in [0.717, 1.165) is 0 Å². The molecule has 2 aromatic rings. The molecule has 0 amide bonds. The maximum Gasteiger partial charge on any atom is 0.137 e. The van der Waals surface area contributed by atoms with Crippen molar-refractivity contribution in [3.63, 3.8) is 0 Å². The van der Waals surface area contributed by atoms with E-state index >= 15 is 0 Å². The SMILES string of the molecule is N#Cc1ccc(OCCCOc2ccc(F)cc2)c(Cl)c1. The van der Waals surface area contributed by atoms with Gasteiger partial charge < -0.3 is 9.47 Å². The van der Waals surface area contributed by atoms with E-state index in [2.05, 4.69) is 0 Å². The maximum absolute atomic E-state index is 12.7. The zero-order valence-electron chi connectivity index (χ0n) is 11.2. The van der Waals surface area contributed by atoms with Gasteiger partial charge in [-0.15, -0.1) is 0 Å². The Labute approximate surface area is 127 Å². The molecule has 0 aliphatic carbocycles. The highest BCUT2D eigenvalue weighted by Crippen LogP contribution is 2.25. The highest BCUT2D eigenvalue weighted by molar-refractivity contribution is 6.32. The third-order valence-corrected chi connectivity index (χ3v) is 2.98. The fourth-order valence-corrected chi connectivity index (χ4v) is 1.88. The summed E-state index contributed by atoms with van der Waals surface area (Å²) in [5, 5.41) is 9.15. The summed E-state index contributed by atoms with van der Waals surface area (Å²) in [7, 11) is 0. The first-order chi connectivity index (χ1) is 10.2. The number of hydrogen-bond donors (Lipinski definition) is 0. The van der Waals surface area contributed by atoms with E-state index in [1.54, 1.807) is 30.3 Å². The van der Waals surface area contributed by atoms with Crippen LogP contribution in [-0.2, 0) is 0 Å². The highest BCUT2D eigenvalue weighted by atomic mass is 35.5. The van der Waals surface area contributed by atoms with Gasteiger partial charge in [0.25, 0.3) is 0 Å². The Balaban J connectivity index is 1.72. The molecule has 0 aromatic heterocycles. The van der Waals surface area contributed by atoms with Crippen LogP contribution in [0, 0.1) is 17.1 Å². The van der Waals surface area contributed by atoms with Gasteiger partial charge in [0.05, 0.1) is 29.9 Å². The molecule has 2 aromatic carbocycles. The molecule has 0 aliphatic rings. The number of benzene rings is 2. The fourth-order valence-electron chi connectivity index (χ4n) is 1.65. The summed E-state index contributed by atoms with van der Waals surface area (Å²) < 4.78 is 23.7. The molecular formula is C16H13ClFNO2. The van der Waals surface area contributed by atoms with Crippen LogP contribution in [0.15, 0.2) is 42.5 Å². The van der Waals surface area contributed by atoms with Gasteiger partial charge in [-0.25, -0.2) is 4.39 Å². The average Bonchev–Trinajstić information content (AvgIpc) is 2.50. The Bertz CT molecular complexity index is 638. The van der Waals surface area contributed by atoms with Gasteiger partial charge in [-0.05, 0) is 42.5 Å². The molecule has 0 fully saturated rings. The first-order valence-electron chi connectivity index (χ1n) is 6.40. The van der Waals surface area contributed by atoms with E-state index in [0.29, 0.717) is 41.7 Å². The summed E-state index contributed by atoms with van der Waals surface area (Å²) in [6.07, 6.45) is 0.660. The second-order valence-corrected chi connectivity index (χ2v) is 4.67. The minimum Gasteiger partial charge on any atom is -0.493 e. The normalized spacial score (nSPS) is 9.95. The van der Waals surface area contributed by atoms with Crippen LogP contribution >= 0.6 is 11.6 Å². The Morgan fingerprint density at radius 2 is 1.76 bits per heavy atom. The Hall–Kier alpha value is -2.25. The van der Waals surface area contributed by atoms with E-state index in [9.17, 15) is 4.39 Å². The van der Waals surface area contributed by atoms with E-state index in [-0.39, 0.29) is 5.82 Å². The molecule has 0 heterocycles.